The summed E-state index contributed by atoms with van der Waals surface area (Å²) in [4.78, 5) is 8.88. The van der Waals surface area contributed by atoms with Gasteiger partial charge in [0.25, 0.3) is 0 Å². The van der Waals surface area contributed by atoms with Gasteiger partial charge in [0.2, 0.25) is 0 Å². The largest absolute Gasteiger partial charge is 0.374 e. The summed E-state index contributed by atoms with van der Waals surface area (Å²) < 4.78 is 5.91. The van der Waals surface area contributed by atoms with Crippen molar-refractivity contribution in [1.82, 2.24) is 10.3 Å². The molecule has 4 nitrogen and oxygen atoms in total. The van der Waals surface area contributed by atoms with Crippen molar-refractivity contribution < 1.29 is 4.74 Å². The van der Waals surface area contributed by atoms with E-state index in [1.807, 2.05) is 18.4 Å². The van der Waals surface area contributed by atoms with Crippen LogP contribution in [0.25, 0.3) is 0 Å². The summed E-state index contributed by atoms with van der Waals surface area (Å²) >= 11 is 1.88. The van der Waals surface area contributed by atoms with E-state index in [2.05, 4.69) is 17.1 Å². The van der Waals surface area contributed by atoms with Gasteiger partial charge in [0, 0.05) is 18.0 Å². The molecule has 1 aromatic heterocycles. The summed E-state index contributed by atoms with van der Waals surface area (Å²) in [5, 5.41) is 4.49. The SMILES string of the molecule is CCCc1nc(N2CCOC3CCCC32)sc1CNC. The van der Waals surface area contributed by atoms with Crippen molar-refractivity contribution in [3.63, 3.8) is 0 Å². The summed E-state index contributed by atoms with van der Waals surface area (Å²) in [6.45, 7) is 5.01. The average Bonchev–Trinajstić information content (AvgIpc) is 3.06. The predicted octanol–water partition coefficient (Wildman–Crippen LogP) is 2.57. The summed E-state index contributed by atoms with van der Waals surface area (Å²) in [5.41, 5.74) is 1.29. The molecule has 2 unspecified atom stereocenters. The lowest BCUT2D eigenvalue weighted by molar-refractivity contribution is 0.0256. The minimum atomic E-state index is 0.440. The zero-order chi connectivity index (χ0) is 13.9. The van der Waals surface area contributed by atoms with Gasteiger partial charge >= 0.3 is 0 Å². The Balaban J connectivity index is 1.83. The number of nitrogens with zero attached hydrogens (tertiary/aromatic N) is 2. The van der Waals surface area contributed by atoms with Crippen LogP contribution in [-0.2, 0) is 17.7 Å². The first kappa shape index (κ1) is 14.3. The number of hydrogen-bond acceptors (Lipinski definition) is 5. The second kappa shape index (κ2) is 6.41. The van der Waals surface area contributed by atoms with Gasteiger partial charge in [-0.15, -0.1) is 11.3 Å². The van der Waals surface area contributed by atoms with Crippen LogP contribution in [0, 0.1) is 0 Å². The second-order valence-electron chi connectivity index (χ2n) is 5.75. The highest BCUT2D eigenvalue weighted by molar-refractivity contribution is 7.15. The van der Waals surface area contributed by atoms with E-state index in [0.29, 0.717) is 12.1 Å². The molecule has 1 saturated carbocycles. The monoisotopic (exact) mass is 295 g/mol. The third-order valence-corrected chi connectivity index (χ3v) is 5.45. The van der Waals surface area contributed by atoms with Crippen molar-refractivity contribution in [2.75, 3.05) is 25.1 Å². The Morgan fingerprint density at radius 1 is 1.45 bits per heavy atom. The molecule has 2 fully saturated rings. The van der Waals surface area contributed by atoms with Gasteiger partial charge in [-0.2, -0.15) is 0 Å². The van der Waals surface area contributed by atoms with Crippen LogP contribution >= 0.6 is 11.3 Å². The molecule has 0 amide bonds. The Morgan fingerprint density at radius 3 is 3.15 bits per heavy atom. The van der Waals surface area contributed by atoms with Gasteiger partial charge < -0.3 is 15.0 Å². The van der Waals surface area contributed by atoms with Gasteiger partial charge in [0.05, 0.1) is 24.4 Å². The summed E-state index contributed by atoms with van der Waals surface area (Å²) in [5.74, 6) is 0. The Morgan fingerprint density at radius 2 is 2.35 bits per heavy atom. The van der Waals surface area contributed by atoms with Gasteiger partial charge in [-0.25, -0.2) is 4.98 Å². The Bertz CT molecular complexity index is 425. The Hall–Kier alpha value is -0.650. The number of hydrogen-bond donors (Lipinski definition) is 1. The molecule has 5 heteroatoms. The van der Waals surface area contributed by atoms with Crippen molar-refractivity contribution in [2.45, 2.75) is 57.7 Å². The summed E-state index contributed by atoms with van der Waals surface area (Å²) in [6, 6.07) is 0.562. The van der Waals surface area contributed by atoms with Crippen LogP contribution < -0.4 is 10.2 Å². The molecular weight excluding hydrogens is 270 g/mol. The van der Waals surface area contributed by atoms with E-state index in [1.54, 1.807) is 0 Å². The third-order valence-electron chi connectivity index (χ3n) is 4.32. The average molecular weight is 295 g/mol. The first-order valence-corrected chi connectivity index (χ1v) is 8.66. The van der Waals surface area contributed by atoms with Crippen molar-refractivity contribution in [1.29, 1.82) is 0 Å². The molecule has 0 radical (unpaired) electrons. The molecule has 1 N–H and O–H groups in total. The number of fused-ring (bicyclic) bond motifs is 1. The molecule has 0 aromatic carbocycles. The quantitative estimate of drug-likeness (QED) is 0.906. The Kier molecular flexibility index (Phi) is 4.58. The maximum absolute atomic E-state index is 5.91. The number of thiazole rings is 1. The highest BCUT2D eigenvalue weighted by Gasteiger charge is 2.37. The lowest BCUT2D eigenvalue weighted by atomic mass is 10.1. The fraction of sp³-hybridized carbons (Fsp3) is 0.800. The first-order valence-electron chi connectivity index (χ1n) is 7.85. The van der Waals surface area contributed by atoms with Crippen LogP contribution in [0.3, 0.4) is 0 Å². The number of anilines is 1. The first-order chi connectivity index (χ1) is 9.83. The molecule has 20 heavy (non-hydrogen) atoms. The molecule has 1 aliphatic heterocycles. The van der Waals surface area contributed by atoms with Crippen LogP contribution in [0.15, 0.2) is 0 Å². The molecule has 1 aromatic rings. The smallest absolute Gasteiger partial charge is 0.186 e. The minimum absolute atomic E-state index is 0.440. The highest BCUT2D eigenvalue weighted by Crippen LogP contribution is 2.36. The molecule has 0 bridgehead atoms. The molecular formula is C15H25N3OS. The maximum atomic E-state index is 5.91. The van der Waals surface area contributed by atoms with Gasteiger partial charge in [-0.3, -0.25) is 0 Å². The lowest BCUT2D eigenvalue weighted by Gasteiger charge is -2.37. The van der Waals surface area contributed by atoms with E-state index in [9.17, 15) is 0 Å². The van der Waals surface area contributed by atoms with Crippen LogP contribution in [0.2, 0.25) is 0 Å². The molecule has 2 atom stereocenters. The standard InChI is InChI=1S/C15H25N3OS/c1-3-5-11-14(10-16-2)20-15(17-11)18-8-9-19-13-7-4-6-12(13)18/h12-13,16H,3-10H2,1-2H3. The predicted molar refractivity (Wildman–Crippen MR) is 83.6 cm³/mol. The fourth-order valence-electron chi connectivity index (χ4n) is 3.39. The number of aromatic nitrogens is 1. The zero-order valence-electron chi connectivity index (χ0n) is 12.5. The van der Waals surface area contributed by atoms with Crippen LogP contribution in [0.1, 0.15) is 43.2 Å². The topological polar surface area (TPSA) is 37.4 Å². The van der Waals surface area contributed by atoms with Crippen molar-refractivity contribution >= 4 is 16.5 Å². The van der Waals surface area contributed by atoms with Crippen LogP contribution in [0.5, 0.6) is 0 Å². The number of morpholine rings is 1. The van der Waals surface area contributed by atoms with E-state index in [1.165, 1.54) is 35.0 Å². The molecule has 112 valence electrons. The van der Waals surface area contributed by atoms with E-state index in [0.717, 1.165) is 32.5 Å². The van der Waals surface area contributed by atoms with Gasteiger partial charge in [0.15, 0.2) is 5.13 Å². The van der Waals surface area contributed by atoms with E-state index in [-0.39, 0.29) is 0 Å². The highest BCUT2D eigenvalue weighted by atomic mass is 32.1. The van der Waals surface area contributed by atoms with E-state index >= 15 is 0 Å². The third kappa shape index (κ3) is 2.71. The van der Waals surface area contributed by atoms with Gasteiger partial charge in [-0.1, -0.05) is 13.3 Å². The maximum Gasteiger partial charge on any atom is 0.186 e. The van der Waals surface area contributed by atoms with Gasteiger partial charge in [-0.05, 0) is 32.7 Å². The normalized spacial score (nSPS) is 26.0. The molecule has 2 aliphatic rings. The van der Waals surface area contributed by atoms with Crippen LogP contribution in [0.4, 0.5) is 5.13 Å². The van der Waals surface area contributed by atoms with Crippen molar-refractivity contribution in [3.8, 4) is 0 Å². The molecule has 1 saturated heterocycles. The summed E-state index contributed by atoms with van der Waals surface area (Å²) in [7, 11) is 2.01. The van der Waals surface area contributed by atoms with E-state index < -0.39 is 0 Å². The summed E-state index contributed by atoms with van der Waals surface area (Å²) in [6.07, 6.45) is 6.46. The van der Waals surface area contributed by atoms with Gasteiger partial charge in [0.1, 0.15) is 0 Å². The molecule has 3 rings (SSSR count). The zero-order valence-corrected chi connectivity index (χ0v) is 13.3. The number of aryl methyl sites for hydroxylation is 1. The number of nitrogens with one attached hydrogen (secondary N) is 1. The molecule has 2 heterocycles. The second-order valence-corrected chi connectivity index (χ2v) is 6.81. The van der Waals surface area contributed by atoms with Crippen molar-refractivity contribution in [2.24, 2.45) is 0 Å². The van der Waals surface area contributed by atoms with Crippen molar-refractivity contribution in [3.05, 3.63) is 10.6 Å². The fourth-order valence-corrected chi connectivity index (χ4v) is 4.59. The number of rotatable bonds is 5. The Labute approximate surface area is 125 Å². The lowest BCUT2D eigenvalue weighted by Crippen LogP contribution is -2.48. The molecule has 1 aliphatic carbocycles. The van der Waals surface area contributed by atoms with Crippen LogP contribution in [-0.4, -0.2) is 37.3 Å². The number of ether oxygens (including phenoxy) is 1. The molecule has 0 spiro atoms. The minimum Gasteiger partial charge on any atom is -0.374 e. The van der Waals surface area contributed by atoms with E-state index in [4.69, 9.17) is 9.72 Å².